The number of amides is 2. The Balaban J connectivity index is 1.63. The third-order valence-electron chi connectivity index (χ3n) is 4.36. The van der Waals surface area contributed by atoms with Crippen molar-refractivity contribution in [3.8, 4) is 0 Å². The molecule has 1 aromatic carbocycles. The van der Waals surface area contributed by atoms with E-state index in [-0.39, 0.29) is 25.0 Å². The van der Waals surface area contributed by atoms with Crippen LogP contribution in [0.25, 0.3) is 10.9 Å². The number of benzene rings is 1. The molecule has 3 rings (SSSR count). The van der Waals surface area contributed by atoms with Gasteiger partial charge in [-0.15, -0.1) is 0 Å². The molecule has 7 heteroatoms. The van der Waals surface area contributed by atoms with Gasteiger partial charge >= 0.3 is 5.97 Å². The fraction of sp³-hybridized carbons (Fsp3) is 0.333. The van der Waals surface area contributed by atoms with Crippen LogP contribution in [-0.2, 0) is 14.3 Å². The second-order valence-corrected chi connectivity index (χ2v) is 6.04. The number of carbonyl (C=O) groups excluding carboxylic acids is 3. The highest BCUT2D eigenvalue weighted by molar-refractivity contribution is 6.03. The second-order valence-electron chi connectivity index (χ2n) is 6.04. The van der Waals surface area contributed by atoms with Crippen molar-refractivity contribution >= 4 is 28.7 Å². The number of piperidine rings is 1. The van der Waals surface area contributed by atoms with Crippen LogP contribution < -0.4 is 5.73 Å². The molecule has 25 heavy (non-hydrogen) atoms. The number of hydrogen-bond donors (Lipinski definition) is 1. The van der Waals surface area contributed by atoms with Gasteiger partial charge in [0.05, 0.1) is 17.0 Å². The van der Waals surface area contributed by atoms with Crippen molar-refractivity contribution < 1.29 is 19.1 Å². The average molecular weight is 341 g/mol. The fourth-order valence-corrected chi connectivity index (χ4v) is 3.00. The molecule has 0 radical (unpaired) electrons. The monoisotopic (exact) mass is 341 g/mol. The van der Waals surface area contributed by atoms with E-state index >= 15 is 0 Å². The van der Waals surface area contributed by atoms with Crippen LogP contribution >= 0.6 is 0 Å². The van der Waals surface area contributed by atoms with Crippen molar-refractivity contribution in [2.45, 2.75) is 12.8 Å². The van der Waals surface area contributed by atoms with Gasteiger partial charge in [-0.3, -0.25) is 14.6 Å². The lowest BCUT2D eigenvalue weighted by Crippen LogP contribution is -2.45. The van der Waals surface area contributed by atoms with Crippen LogP contribution in [0.5, 0.6) is 0 Å². The minimum absolute atomic E-state index is 0.279. The molecule has 1 aliphatic rings. The van der Waals surface area contributed by atoms with Crippen molar-refractivity contribution in [3.05, 3.63) is 42.1 Å². The highest BCUT2D eigenvalue weighted by Gasteiger charge is 2.27. The minimum Gasteiger partial charge on any atom is -0.452 e. The summed E-state index contributed by atoms with van der Waals surface area (Å²) in [4.78, 5) is 41.6. The molecule has 1 saturated heterocycles. The summed E-state index contributed by atoms with van der Waals surface area (Å²) in [6.45, 7) is 0.449. The summed E-state index contributed by atoms with van der Waals surface area (Å²) in [7, 11) is 0. The Morgan fingerprint density at radius 3 is 2.84 bits per heavy atom. The van der Waals surface area contributed by atoms with E-state index in [4.69, 9.17) is 10.5 Å². The van der Waals surface area contributed by atoms with Crippen LogP contribution in [0.2, 0.25) is 0 Å². The maximum atomic E-state index is 12.3. The van der Waals surface area contributed by atoms with Gasteiger partial charge in [-0.25, -0.2) is 4.79 Å². The van der Waals surface area contributed by atoms with Crippen molar-refractivity contribution in [3.63, 3.8) is 0 Å². The molecule has 2 aromatic rings. The number of aromatic nitrogens is 1. The number of esters is 1. The first-order valence-corrected chi connectivity index (χ1v) is 8.14. The van der Waals surface area contributed by atoms with Crippen molar-refractivity contribution in [2.75, 3.05) is 19.7 Å². The standard InChI is InChI=1S/C18H19N3O4/c19-17(23)13-6-3-9-21(10-13)15(22)11-25-18(24)14-7-1-4-12-5-2-8-20-16(12)14/h1-2,4-5,7-8,13H,3,6,9-11H2,(H2,19,23)/t13-/m0/s1. The summed E-state index contributed by atoms with van der Waals surface area (Å²) >= 11 is 0. The van der Waals surface area contributed by atoms with Gasteiger partial charge in [0, 0.05) is 24.7 Å². The first-order valence-electron chi connectivity index (χ1n) is 8.14. The molecule has 7 nitrogen and oxygen atoms in total. The normalized spacial score (nSPS) is 17.3. The molecule has 1 atom stereocenters. The summed E-state index contributed by atoms with van der Waals surface area (Å²) < 4.78 is 5.16. The van der Waals surface area contributed by atoms with Gasteiger partial charge in [0.1, 0.15) is 0 Å². The van der Waals surface area contributed by atoms with Crippen molar-refractivity contribution in [1.82, 2.24) is 9.88 Å². The molecule has 1 aliphatic heterocycles. The van der Waals surface area contributed by atoms with Crippen molar-refractivity contribution in [2.24, 2.45) is 11.7 Å². The number of fused-ring (bicyclic) bond motifs is 1. The summed E-state index contributed by atoms with van der Waals surface area (Å²) in [6, 6.07) is 8.84. The average Bonchev–Trinajstić information content (AvgIpc) is 2.65. The van der Waals surface area contributed by atoms with E-state index in [9.17, 15) is 14.4 Å². The number of rotatable bonds is 4. The Morgan fingerprint density at radius 1 is 1.24 bits per heavy atom. The predicted octanol–water partition coefficient (Wildman–Crippen LogP) is 1.12. The van der Waals surface area contributed by atoms with Gasteiger partial charge in [0.15, 0.2) is 6.61 Å². The third kappa shape index (κ3) is 3.76. The zero-order valence-electron chi connectivity index (χ0n) is 13.7. The summed E-state index contributed by atoms with van der Waals surface area (Å²) in [6.07, 6.45) is 2.99. The van der Waals surface area contributed by atoms with Gasteiger partial charge in [0.2, 0.25) is 5.91 Å². The number of hydrogen-bond acceptors (Lipinski definition) is 5. The number of nitrogens with two attached hydrogens (primary N) is 1. The fourth-order valence-electron chi connectivity index (χ4n) is 3.00. The lowest BCUT2D eigenvalue weighted by Gasteiger charge is -2.31. The van der Waals surface area contributed by atoms with E-state index in [0.29, 0.717) is 30.5 Å². The van der Waals surface area contributed by atoms with E-state index < -0.39 is 11.9 Å². The van der Waals surface area contributed by atoms with Gasteiger partial charge < -0.3 is 15.4 Å². The van der Waals surface area contributed by atoms with E-state index in [1.54, 1.807) is 24.4 Å². The van der Waals surface area contributed by atoms with E-state index in [2.05, 4.69) is 4.98 Å². The van der Waals surface area contributed by atoms with Crippen LogP contribution in [0.15, 0.2) is 36.5 Å². The lowest BCUT2D eigenvalue weighted by atomic mass is 9.97. The molecule has 0 spiro atoms. The molecule has 0 saturated carbocycles. The Bertz CT molecular complexity index is 816. The maximum absolute atomic E-state index is 12.3. The topological polar surface area (TPSA) is 103 Å². The number of carbonyl (C=O) groups is 3. The quantitative estimate of drug-likeness (QED) is 0.839. The first kappa shape index (κ1) is 16.9. The van der Waals surface area contributed by atoms with Crippen LogP contribution in [0.4, 0.5) is 0 Å². The largest absolute Gasteiger partial charge is 0.452 e. The number of pyridine rings is 1. The molecule has 2 amide bonds. The zero-order valence-corrected chi connectivity index (χ0v) is 13.7. The Labute approximate surface area is 144 Å². The SMILES string of the molecule is NC(=O)[C@H]1CCCN(C(=O)COC(=O)c2cccc3cccnc23)C1. The lowest BCUT2D eigenvalue weighted by molar-refractivity contribution is -0.137. The van der Waals surface area contributed by atoms with Gasteiger partial charge in [0.25, 0.3) is 5.91 Å². The van der Waals surface area contributed by atoms with Crippen LogP contribution in [-0.4, -0.2) is 47.4 Å². The molecular weight excluding hydrogens is 322 g/mol. The number of nitrogens with zero attached hydrogens (tertiary/aromatic N) is 2. The molecule has 2 heterocycles. The maximum Gasteiger partial charge on any atom is 0.340 e. The smallest absolute Gasteiger partial charge is 0.340 e. The van der Waals surface area contributed by atoms with Gasteiger partial charge in [-0.05, 0) is 25.0 Å². The van der Waals surface area contributed by atoms with E-state index in [0.717, 1.165) is 5.39 Å². The summed E-state index contributed by atoms with van der Waals surface area (Å²) in [5.41, 5.74) is 6.17. The van der Waals surface area contributed by atoms with Gasteiger partial charge in [-0.2, -0.15) is 0 Å². The van der Waals surface area contributed by atoms with Crippen molar-refractivity contribution in [1.29, 1.82) is 0 Å². The number of para-hydroxylation sites is 1. The van der Waals surface area contributed by atoms with Crippen LogP contribution in [0.3, 0.4) is 0 Å². The second kappa shape index (κ2) is 7.29. The molecule has 0 aliphatic carbocycles. The number of likely N-dealkylation sites (tertiary alicyclic amines) is 1. The summed E-state index contributed by atoms with van der Waals surface area (Å²) in [5.74, 6) is -1.67. The first-order chi connectivity index (χ1) is 12.1. The molecule has 0 unspecified atom stereocenters. The molecule has 2 N–H and O–H groups in total. The Kier molecular flexibility index (Phi) is 4.92. The Hall–Kier alpha value is -2.96. The summed E-state index contributed by atoms with van der Waals surface area (Å²) in [5, 5.41) is 0.823. The highest BCUT2D eigenvalue weighted by atomic mass is 16.5. The predicted molar refractivity (Wildman–Crippen MR) is 90.5 cm³/mol. The molecule has 1 fully saturated rings. The molecular formula is C18H19N3O4. The molecule has 130 valence electrons. The highest BCUT2D eigenvalue weighted by Crippen LogP contribution is 2.18. The Morgan fingerprint density at radius 2 is 2.04 bits per heavy atom. The van der Waals surface area contributed by atoms with Gasteiger partial charge in [-0.1, -0.05) is 18.2 Å². The third-order valence-corrected chi connectivity index (χ3v) is 4.36. The minimum atomic E-state index is -0.596. The van der Waals surface area contributed by atoms with Crippen LogP contribution in [0.1, 0.15) is 23.2 Å². The molecule has 1 aromatic heterocycles. The molecule has 0 bridgehead atoms. The number of primary amides is 1. The zero-order chi connectivity index (χ0) is 17.8. The van der Waals surface area contributed by atoms with Crippen LogP contribution in [0, 0.1) is 5.92 Å². The van der Waals surface area contributed by atoms with E-state index in [1.165, 1.54) is 4.90 Å². The number of ether oxygens (including phenoxy) is 1. The van der Waals surface area contributed by atoms with E-state index in [1.807, 2.05) is 12.1 Å².